The molecule has 2 N–H and O–H groups in total. The average Bonchev–Trinajstić information content (AvgIpc) is 2.92. The number of benzene rings is 1. The summed E-state index contributed by atoms with van der Waals surface area (Å²) in [5.74, 6) is -0.0565. The minimum absolute atomic E-state index is 0.0664. The molecule has 0 bridgehead atoms. The van der Waals surface area contributed by atoms with Crippen molar-refractivity contribution in [2.24, 2.45) is 5.92 Å². The molecule has 1 atom stereocenters. The molecule has 0 saturated carbocycles. The van der Waals surface area contributed by atoms with E-state index < -0.39 is 0 Å². The monoisotopic (exact) mass is 279 g/mol. The van der Waals surface area contributed by atoms with Gasteiger partial charge in [-0.25, -0.2) is 4.39 Å². The topological polar surface area (TPSA) is 44.4 Å². The van der Waals surface area contributed by atoms with Crippen LogP contribution in [0.3, 0.4) is 0 Å². The molecule has 20 heavy (non-hydrogen) atoms. The number of amides is 1. The van der Waals surface area contributed by atoms with Crippen molar-refractivity contribution in [3.8, 4) is 0 Å². The van der Waals surface area contributed by atoms with Crippen molar-refractivity contribution in [2.75, 3.05) is 27.2 Å². The summed E-state index contributed by atoms with van der Waals surface area (Å²) in [5, 5.41) is 6.10. The molecule has 1 saturated heterocycles. The first-order chi connectivity index (χ1) is 9.56. The lowest BCUT2D eigenvalue weighted by Crippen LogP contribution is -2.31. The quantitative estimate of drug-likeness (QED) is 0.849. The van der Waals surface area contributed by atoms with Crippen LogP contribution >= 0.6 is 0 Å². The zero-order valence-corrected chi connectivity index (χ0v) is 12.1. The molecular weight excluding hydrogens is 257 g/mol. The molecule has 0 radical (unpaired) electrons. The maximum Gasteiger partial charge on any atom is 0.224 e. The molecule has 1 aromatic carbocycles. The van der Waals surface area contributed by atoms with Crippen LogP contribution in [-0.4, -0.2) is 38.0 Å². The molecule has 5 heteroatoms. The van der Waals surface area contributed by atoms with Gasteiger partial charge in [-0.3, -0.25) is 4.79 Å². The van der Waals surface area contributed by atoms with Gasteiger partial charge in [0.25, 0.3) is 0 Å². The van der Waals surface area contributed by atoms with Crippen molar-refractivity contribution in [1.82, 2.24) is 15.5 Å². The van der Waals surface area contributed by atoms with Gasteiger partial charge in [0.15, 0.2) is 0 Å². The molecule has 1 unspecified atom stereocenters. The summed E-state index contributed by atoms with van der Waals surface area (Å²) in [4.78, 5) is 13.8. The number of carbonyl (C=O) groups is 1. The number of carbonyl (C=O) groups excluding carboxylic acids is 1. The highest BCUT2D eigenvalue weighted by molar-refractivity contribution is 5.79. The van der Waals surface area contributed by atoms with Crippen molar-refractivity contribution in [2.45, 2.75) is 19.5 Å². The van der Waals surface area contributed by atoms with Crippen molar-refractivity contribution in [3.63, 3.8) is 0 Å². The minimum atomic E-state index is -0.200. The summed E-state index contributed by atoms with van der Waals surface area (Å²) in [7, 11) is 3.81. The molecule has 0 aromatic heterocycles. The molecule has 1 aromatic rings. The average molecular weight is 279 g/mol. The molecule has 1 aliphatic rings. The van der Waals surface area contributed by atoms with Crippen LogP contribution in [0.15, 0.2) is 18.2 Å². The third-order valence-corrected chi connectivity index (χ3v) is 3.49. The predicted octanol–water partition coefficient (Wildman–Crippen LogP) is 1.11. The predicted molar refractivity (Wildman–Crippen MR) is 76.6 cm³/mol. The highest BCUT2D eigenvalue weighted by atomic mass is 19.1. The maximum absolute atomic E-state index is 13.7. The number of halogens is 1. The van der Waals surface area contributed by atoms with Crippen LogP contribution in [0.2, 0.25) is 0 Å². The SMILES string of the molecule is CN(C)Cc1cc(CNC(=O)C2CCNC2)ccc1F. The molecule has 4 nitrogen and oxygen atoms in total. The fraction of sp³-hybridized carbons (Fsp3) is 0.533. The molecule has 2 rings (SSSR count). The summed E-state index contributed by atoms with van der Waals surface area (Å²) in [6.07, 6.45) is 0.890. The van der Waals surface area contributed by atoms with Crippen LogP contribution in [0.25, 0.3) is 0 Å². The second kappa shape index (κ2) is 6.81. The van der Waals surface area contributed by atoms with Gasteiger partial charge in [-0.05, 0) is 44.8 Å². The van der Waals surface area contributed by atoms with E-state index in [2.05, 4.69) is 10.6 Å². The first-order valence-electron chi connectivity index (χ1n) is 6.96. The van der Waals surface area contributed by atoms with Crippen molar-refractivity contribution in [1.29, 1.82) is 0 Å². The minimum Gasteiger partial charge on any atom is -0.352 e. The van der Waals surface area contributed by atoms with Crippen LogP contribution < -0.4 is 10.6 Å². The van der Waals surface area contributed by atoms with Crippen LogP contribution in [0, 0.1) is 11.7 Å². The third-order valence-electron chi connectivity index (χ3n) is 3.49. The summed E-state index contributed by atoms with van der Waals surface area (Å²) < 4.78 is 13.7. The normalized spacial score (nSPS) is 18.5. The Morgan fingerprint density at radius 1 is 1.50 bits per heavy atom. The van der Waals surface area contributed by atoms with Crippen molar-refractivity contribution >= 4 is 5.91 Å². The van der Waals surface area contributed by atoms with Gasteiger partial charge in [-0.1, -0.05) is 6.07 Å². The first-order valence-corrected chi connectivity index (χ1v) is 6.96. The van der Waals surface area contributed by atoms with Crippen LogP contribution in [0.4, 0.5) is 4.39 Å². The van der Waals surface area contributed by atoms with Gasteiger partial charge in [0.05, 0.1) is 5.92 Å². The second-order valence-corrected chi connectivity index (χ2v) is 5.57. The van der Waals surface area contributed by atoms with Gasteiger partial charge in [0, 0.05) is 25.2 Å². The number of hydrogen-bond acceptors (Lipinski definition) is 3. The first kappa shape index (κ1) is 14.9. The second-order valence-electron chi connectivity index (χ2n) is 5.57. The van der Waals surface area contributed by atoms with E-state index in [1.54, 1.807) is 6.07 Å². The van der Waals surface area contributed by atoms with E-state index in [-0.39, 0.29) is 17.6 Å². The van der Waals surface area contributed by atoms with E-state index in [9.17, 15) is 9.18 Å². The Morgan fingerprint density at radius 2 is 2.30 bits per heavy atom. The molecular formula is C15H22FN3O. The van der Waals surface area contributed by atoms with Crippen LogP contribution in [0.1, 0.15) is 17.5 Å². The highest BCUT2D eigenvalue weighted by Gasteiger charge is 2.21. The Bertz CT molecular complexity index is 470. The fourth-order valence-electron chi connectivity index (χ4n) is 2.41. The van der Waals surface area contributed by atoms with Crippen LogP contribution in [-0.2, 0) is 17.9 Å². The Morgan fingerprint density at radius 3 is 2.95 bits per heavy atom. The zero-order chi connectivity index (χ0) is 14.5. The third kappa shape index (κ3) is 4.02. The largest absolute Gasteiger partial charge is 0.352 e. The standard InChI is InChI=1S/C15H22FN3O/c1-19(2)10-13-7-11(3-4-14(13)16)8-18-15(20)12-5-6-17-9-12/h3-4,7,12,17H,5-6,8-10H2,1-2H3,(H,18,20). The molecule has 1 amide bonds. The Balaban J connectivity index is 1.93. The Hall–Kier alpha value is -1.46. The number of nitrogens with zero attached hydrogens (tertiary/aromatic N) is 1. The number of hydrogen-bond donors (Lipinski definition) is 2. The molecule has 0 aliphatic carbocycles. The molecule has 1 aliphatic heterocycles. The van der Waals surface area contributed by atoms with E-state index in [0.29, 0.717) is 18.7 Å². The van der Waals surface area contributed by atoms with Gasteiger partial charge in [0.1, 0.15) is 5.82 Å². The van der Waals surface area contributed by atoms with E-state index in [0.717, 1.165) is 25.1 Å². The summed E-state index contributed by atoms with van der Waals surface area (Å²) >= 11 is 0. The lowest BCUT2D eigenvalue weighted by atomic mass is 10.1. The lowest BCUT2D eigenvalue weighted by molar-refractivity contribution is -0.124. The molecule has 1 heterocycles. The van der Waals surface area contributed by atoms with Gasteiger partial charge in [-0.2, -0.15) is 0 Å². The molecule has 0 spiro atoms. The van der Waals surface area contributed by atoms with Crippen molar-refractivity contribution < 1.29 is 9.18 Å². The van der Waals surface area contributed by atoms with Gasteiger partial charge in [0.2, 0.25) is 5.91 Å². The summed E-state index contributed by atoms with van der Waals surface area (Å²) in [6.45, 7) is 2.67. The highest BCUT2D eigenvalue weighted by Crippen LogP contribution is 2.13. The van der Waals surface area contributed by atoms with E-state index >= 15 is 0 Å². The Kier molecular flexibility index (Phi) is 5.09. The smallest absolute Gasteiger partial charge is 0.224 e. The summed E-state index contributed by atoms with van der Waals surface area (Å²) in [6, 6.07) is 5.02. The van der Waals surface area contributed by atoms with Crippen molar-refractivity contribution in [3.05, 3.63) is 35.1 Å². The molecule has 1 fully saturated rings. The maximum atomic E-state index is 13.7. The van der Waals surface area contributed by atoms with E-state index in [4.69, 9.17) is 0 Å². The van der Waals surface area contributed by atoms with Crippen LogP contribution in [0.5, 0.6) is 0 Å². The lowest BCUT2D eigenvalue weighted by Gasteiger charge is -2.13. The van der Waals surface area contributed by atoms with E-state index in [1.807, 2.05) is 25.1 Å². The van der Waals surface area contributed by atoms with Gasteiger partial charge >= 0.3 is 0 Å². The van der Waals surface area contributed by atoms with E-state index in [1.165, 1.54) is 6.07 Å². The van der Waals surface area contributed by atoms with Gasteiger partial charge < -0.3 is 15.5 Å². The summed E-state index contributed by atoms with van der Waals surface area (Å²) in [5.41, 5.74) is 1.59. The van der Waals surface area contributed by atoms with Gasteiger partial charge in [-0.15, -0.1) is 0 Å². The Labute approximate surface area is 119 Å². The number of rotatable bonds is 5. The zero-order valence-electron chi connectivity index (χ0n) is 12.1. The number of nitrogens with one attached hydrogen (secondary N) is 2. The fourth-order valence-corrected chi connectivity index (χ4v) is 2.41. The molecule has 110 valence electrons.